The summed E-state index contributed by atoms with van der Waals surface area (Å²) in [7, 11) is 0. The Morgan fingerprint density at radius 1 is 1.25 bits per heavy atom. The van der Waals surface area contributed by atoms with Gasteiger partial charge in [-0.3, -0.25) is 20.4 Å². The maximum absolute atomic E-state index is 12.5. The Bertz CT molecular complexity index is 816. The predicted molar refractivity (Wildman–Crippen MR) is 97.9 cm³/mol. The number of carbonyl (C=O) groups excluding carboxylic acids is 1. The van der Waals surface area contributed by atoms with E-state index < -0.39 is 5.91 Å². The lowest BCUT2D eigenvalue weighted by Crippen LogP contribution is -2.47. The van der Waals surface area contributed by atoms with Crippen molar-refractivity contribution in [2.45, 2.75) is 33.2 Å². The molecule has 0 bridgehead atoms. The highest BCUT2D eigenvalue weighted by Crippen LogP contribution is 2.14. The Labute approximate surface area is 145 Å². The highest BCUT2D eigenvalue weighted by molar-refractivity contribution is 7.80. The summed E-state index contributed by atoms with van der Waals surface area (Å²) in [6, 6.07) is 6.76. The summed E-state index contributed by atoms with van der Waals surface area (Å²) in [6.45, 7) is 6.40. The Hall–Kier alpha value is -2.48. The quantitative estimate of drug-likeness (QED) is 0.574. The van der Waals surface area contributed by atoms with Gasteiger partial charge in [-0.05, 0) is 38.6 Å². The molecular formula is C16H21N5O2S. The number of carbonyl (C=O) groups is 1. The van der Waals surface area contributed by atoms with E-state index in [1.807, 2.05) is 20.8 Å². The molecule has 1 aromatic carbocycles. The fourth-order valence-electron chi connectivity index (χ4n) is 2.18. The minimum atomic E-state index is -0.457. The van der Waals surface area contributed by atoms with Gasteiger partial charge in [-0.2, -0.15) is 5.10 Å². The standard InChI is InChI=1S/C16H21N5O2S/c1-4-9-17-16(24)19-18-14(22)13-11-7-5-6-8-12(11)15(23)21(20-13)10(2)3/h5-8,10H,4,9H2,1-3H3,(H,18,22)(H2,17,19,24). The average molecular weight is 347 g/mol. The zero-order valence-corrected chi connectivity index (χ0v) is 14.7. The fraction of sp³-hybridized carbons (Fsp3) is 0.375. The van der Waals surface area contributed by atoms with Gasteiger partial charge in [0.05, 0.1) is 11.4 Å². The third kappa shape index (κ3) is 3.88. The number of thiocarbonyl (C=S) groups is 1. The molecule has 2 aromatic rings. The average Bonchev–Trinajstić information content (AvgIpc) is 2.58. The Balaban J connectivity index is 2.34. The van der Waals surface area contributed by atoms with Crippen LogP contribution >= 0.6 is 12.2 Å². The van der Waals surface area contributed by atoms with Gasteiger partial charge in [-0.15, -0.1) is 0 Å². The number of nitrogens with one attached hydrogen (secondary N) is 3. The van der Waals surface area contributed by atoms with E-state index in [4.69, 9.17) is 12.2 Å². The van der Waals surface area contributed by atoms with Gasteiger partial charge in [0, 0.05) is 11.9 Å². The SMILES string of the molecule is CCCNC(=S)NNC(=O)c1nn(C(C)C)c(=O)c2ccccc12. The summed E-state index contributed by atoms with van der Waals surface area (Å²) in [5.74, 6) is -0.457. The highest BCUT2D eigenvalue weighted by Gasteiger charge is 2.17. The number of fused-ring (bicyclic) bond motifs is 1. The molecule has 8 heteroatoms. The second-order valence-electron chi connectivity index (χ2n) is 5.57. The molecule has 1 amide bonds. The lowest BCUT2D eigenvalue weighted by molar-refractivity contribution is 0.0938. The third-order valence-electron chi connectivity index (χ3n) is 3.36. The van der Waals surface area contributed by atoms with Gasteiger partial charge in [0.15, 0.2) is 10.8 Å². The maximum Gasteiger partial charge on any atom is 0.290 e. The largest absolute Gasteiger partial charge is 0.361 e. The minimum Gasteiger partial charge on any atom is -0.361 e. The van der Waals surface area contributed by atoms with Crippen LogP contribution in [0.1, 0.15) is 43.7 Å². The zero-order chi connectivity index (χ0) is 17.7. The maximum atomic E-state index is 12.5. The predicted octanol–water partition coefficient (Wildman–Crippen LogP) is 1.50. The molecule has 1 heterocycles. The third-order valence-corrected chi connectivity index (χ3v) is 3.60. The topological polar surface area (TPSA) is 88.0 Å². The van der Waals surface area contributed by atoms with Crippen LogP contribution in [0.3, 0.4) is 0 Å². The summed E-state index contributed by atoms with van der Waals surface area (Å²) in [4.78, 5) is 24.9. The first-order valence-corrected chi connectivity index (χ1v) is 8.22. The van der Waals surface area contributed by atoms with Crippen molar-refractivity contribution < 1.29 is 4.79 Å². The van der Waals surface area contributed by atoms with Gasteiger partial charge >= 0.3 is 0 Å². The van der Waals surface area contributed by atoms with Crippen LogP contribution in [0.4, 0.5) is 0 Å². The first-order chi connectivity index (χ1) is 11.5. The minimum absolute atomic E-state index is 0.158. The number of nitrogens with zero attached hydrogens (tertiary/aromatic N) is 2. The summed E-state index contributed by atoms with van der Waals surface area (Å²) in [5.41, 5.74) is 5.11. The molecule has 0 fully saturated rings. The number of hydrogen-bond acceptors (Lipinski definition) is 4. The molecule has 3 N–H and O–H groups in total. The van der Waals surface area contributed by atoms with Gasteiger partial charge in [-0.25, -0.2) is 4.68 Å². The molecule has 2 rings (SSSR count). The number of rotatable bonds is 4. The lowest BCUT2D eigenvalue weighted by Gasteiger charge is -2.14. The monoisotopic (exact) mass is 347 g/mol. The first-order valence-electron chi connectivity index (χ1n) is 7.81. The van der Waals surface area contributed by atoms with Crippen LogP contribution in [-0.4, -0.2) is 27.3 Å². The molecular weight excluding hydrogens is 326 g/mol. The number of benzene rings is 1. The molecule has 7 nitrogen and oxygen atoms in total. The van der Waals surface area contributed by atoms with Crippen molar-refractivity contribution in [1.82, 2.24) is 25.9 Å². The van der Waals surface area contributed by atoms with E-state index in [1.165, 1.54) is 4.68 Å². The molecule has 0 unspecified atom stereocenters. The number of hydrazine groups is 1. The highest BCUT2D eigenvalue weighted by atomic mass is 32.1. The number of aromatic nitrogens is 2. The van der Waals surface area contributed by atoms with Gasteiger partial charge in [0.25, 0.3) is 11.5 Å². The Kier molecular flexibility index (Phi) is 5.86. The van der Waals surface area contributed by atoms with E-state index >= 15 is 0 Å². The molecule has 0 saturated heterocycles. The molecule has 0 aliphatic carbocycles. The van der Waals surface area contributed by atoms with Crippen molar-refractivity contribution in [3.05, 3.63) is 40.3 Å². The van der Waals surface area contributed by atoms with Crippen LogP contribution in [0.5, 0.6) is 0 Å². The summed E-state index contributed by atoms with van der Waals surface area (Å²) >= 11 is 5.06. The van der Waals surface area contributed by atoms with Gasteiger partial charge in [-0.1, -0.05) is 25.1 Å². The van der Waals surface area contributed by atoms with E-state index in [1.54, 1.807) is 24.3 Å². The van der Waals surface area contributed by atoms with Crippen molar-refractivity contribution in [3.8, 4) is 0 Å². The molecule has 0 atom stereocenters. The van der Waals surface area contributed by atoms with E-state index in [-0.39, 0.29) is 17.3 Å². The molecule has 0 aliphatic heterocycles. The zero-order valence-electron chi connectivity index (χ0n) is 13.9. The fourth-order valence-corrected chi connectivity index (χ4v) is 2.33. The van der Waals surface area contributed by atoms with Crippen molar-refractivity contribution in [3.63, 3.8) is 0 Å². The molecule has 0 spiro atoms. The second-order valence-corrected chi connectivity index (χ2v) is 5.98. The summed E-state index contributed by atoms with van der Waals surface area (Å²) < 4.78 is 1.31. The molecule has 128 valence electrons. The van der Waals surface area contributed by atoms with Crippen molar-refractivity contribution >= 4 is 34.0 Å². The van der Waals surface area contributed by atoms with Gasteiger partial charge in [0.2, 0.25) is 0 Å². The van der Waals surface area contributed by atoms with Crippen LogP contribution in [0.2, 0.25) is 0 Å². The number of hydrogen-bond donors (Lipinski definition) is 3. The molecule has 0 saturated carbocycles. The van der Waals surface area contributed by atoms with Crippen LogP contribution in [0.15, 0.2) is 29.1 Å². The molecule has 0 radical (unpaired) electrons. The first kappa shape index (κ1) is 17.9. The van der Waals surface area contributed by atoms with Crippen molar-refractivity contribution in [2.24, 2.45) is 0 Å². The second kappa shape index (κ2) is 7.87. The van der Waals surface area contributed by atoms with Crippen LogP contribution in [-0.2, 0) is 0 Å². The number of amides is 1. The summed E-state index contributed by atoms with van der Waals surface area (Å²) in [5, 5.41) is 8.46. The van der Waals surface area contributed by atoms with Gasteiger partial charge < -0.3 is 5.32 Å². The Morgan fingerprint density at radius 2 is 1.92 bits per heavy atom. The smallest absolute Gasteiger partial charge is 0.290 e. The Morgan fingerprint density at radius 3 is 2.54 bits per heavy atom. The van der Waals surface area contributed by atoms with Crippen molar-refractivity contribution in [2.75, 3.05) is 6.54 Å². The van der Waals surface area contributed by atoms with E-state index in [0.29, 0.717) is 22.4 Å². The lowest BCUT2D eigenvalue weighted by atomic mass is 10.1. The van der Waals surface area contributed by atoms with Crippen LogP contribution in [0, 0.1) is 0 Å². The summed E-state index contributed by atoms with van der Waals surface area (Å²) in [6.07, 6.45) is 0.918. The van der Waals surface area contributed by atoms with Gasteiger partial charge in [0.1, 0.15) is 0 Å². The molecule has 0 aliphatic rings. The normalized spacial score (nSPS) is 10.7. The van der Waals surface area contributed by atoms with E-state index in [0.717, 1.165) is 6.42 Å². The van der Waals surface area contributed by atoms with Crippen LogP contribution in [0.25, 0.3) is 10.8 Å². The van der Waals surface area contributed by atoms with E-state index in [2.05, 4.69) is 21.3 Å². The van der Waals surface area contributed by atoms with E-state index in [9.17, 15) is 9.59 Å². The van der Waals surface area contributed by atoms with Crippen molar-refractivity contribution in [1.29, 1.82) is 0 Å². The van der Waals surface area contributed by atoms with Crippen LogP contribution < -0.4 is 21.7 Å². The molecule has 1 aromatic heterocycles. The molecule has 24 heavy (non-hydrogen) atoms.